The summed E-state index contributed by atoms with van der Waals surface area (Å²) in [5, 5.41) is 12.0. The number of nitrogens with zero attached hydrogens (tertiary/aromatic N) is 2. The third kappa shape index (κ3) is 2.75. The predicted octanol–water partition coefficient (Wildman–Crippen LogP) is 1.02. The first-order valence-electron chi connectivity index (χ1n) is 6.58. The number of nitrogens with one attached hydrogen (secondary N) is 1. The molecule has 6 nitrogen and oxygen atoms in total. The van der Waals surface area contributed by atoms with Crippen LogP contribution < -0.4 is 10.2 Å². The fraction of sp³-hybridized carbons (Fsp3) is 0.429. The zero-order chi connectivity index (χ0) is 14.7. The lowest BCUT2D eigenvalue weighted by Gasteiger charge is -2.25. The first kappa shape index (κ1) is 14.3. The van der Waals surface area contributed by atoms with Crippen molar-refractivity contribution in [1.82, 2.24) is 10.2 Å². The Kier molecular flexibility index (Phi) is 4.24. The van der Waals surface area contributed by atoms with Gasteiger partial charge in [0.05, 0.1) is 5.56 Å². The molecule has 0 unspecified atom stereocenters. The molecule has 20 heavy (non-hydrogen) atoms. The minimum atomic E-state index is -0.941. The maximum atomic E-state index is 12.3. The summed E-state index contributed by atoms with van der Waals surface area (Å²) in [6.07, 6.45) is 0.696. The summed E-state index contributed by atoms with van der Waals surface area (Å²) in [7, 11) is 3.61. The van der Waals surface area contributed by atoms with Crippen LogP contribution >= 0.6 is 0 Å². The zero-order valence-electron chi connectivity index (χ0n) is 11.7. The molecular weight excluding hydrogens is 258 g/mol. The highest BCUT2D eigenvalue weighted by molar-refractivity contribution is 5.95. The van der Waals surface area contributed by atoms with E-state index in [1.165, 1.54) is 0 Å². The number of carboxylic acids is 1. The molecule has 0 saturated carbocycles. The Morgan fingerprint density at radius 1 is 1.45 bits per heavy atom. The number of aromatic carboxylic acids is 1. The number of hydrogen-bond acceptors (Lipinski definition) is 3. The fourth-order valence-electron chi connectivity index (χ4n) is 2.31. The minimum absolute atomic E-state index is 0.0536. The Labute approximate surface area is 118 Å². The van der Waals surface area contributed by atoms with Crippen molar-refractivity contribution >= 4 is 17.7 Å². The van der Waals surface area contributed by atoms with Crippen LogP contribution in [0.25, 0.3) is 0 Å². The quantitative estimate of drug-likeness (QED) is 0.862. The summed E-state index contributed by atoms with van der Waals surface area (Å²) in [4.78, 5) is 26.7. The van der Waals surface area contributed by atoms with Crippen molar-refractivity contribution in [1.29, 1.82) is 0 Å². The molecule has 0 spiro atoms. The van der Waals surface area contributed by atoms with Gasteiger partial charge in [-0.2, -0.15) is 0 Å². The Hall–Kier alpha value is -2.08. The number of anilines is 1. The van der Waals surface area contributed by atoms with Crippen molar-refractivity contribution in [3.8, 4) is 0 Å². The Balaban J connectivity index is 2.15. The van der Waals surface area contributed by atoms with E-state index in [0.29, 0.717) is 19.5 Å². The molecule has 1 heterocycles. The van der Waals surface area contributed by atoms with Gasteiger partial charge in [-0.3, -0.25) is 4.90 Å². The van der Waals surface area contributed by atoms with Crippen molar-refractivity contribution in [2.24, 2.45) is 0 Å². The molecule has 2 amide bonds. The standard InChI is InChI=1S/C14H19N3O3/c1-15-6-8-16(2)14(20)17-7-5-10-9-11(13(18)19)3-4-12(10)17/h3-4,9,15H,5-8H2,1-2H3,(H,18,19). The van der Waals surface area contributed by atoms with Crippen molar-refractivity contribution in [2.45, 2.75) is 6.42 Å². The number of hydrogen-bond donors (Lipinski definition) is 2. The maximum absolute atomic E-state index is 12.3. The topological polar surface area (TPSA) is 72.9 Å². The molecule has 1 aliphatic rings. The highest BCUT2D eigenvalue weighted by Crippen LogP contribution is 2.29. The van der Waals surface area contributed by atoms with Crippen molar-refractivity contribution in [3.05, 3.63) is 29.3 Å². The van der Waals surface area contributed by atoms with Crippen LogP contribution in [0.4, 0.5) is 10.5 Å². The SMILES string of the molecule is CNCCN(C)C(=O)N1CCc2cc(C(=O)O)ccc21. The molecule has 1 aromatic rings. The van der Waals surface area contributed by atoms with Gasteiger partial charge in [0.15, 0.2) is 0 Å². The van der Waals surface area contributed by atoms with E-state index in [-0.39, 0.29) is 11.6 Å². The Morgan fingerprint density at radius 2 is 2.20 bits per heavy atom. The molecule has 0 radical (unpaired) electrons. The molecule has 6 heteroatoms. The van der Waals surface area contributed by atoms with Gasteiger partial charge >= 0.3 is 12.0 Å². The summed E-state index contributed by atoms with van der Waals surface area (Å²) < 4.78 is 0. The summed E-state index contributed by atoms with van der Waals surface area (Å²) in [6.45, 7) is 1.97. The largest absolute Gasteiger partial charge is 0.478 e. The maximum Gasteiger partial charge on any atom is 0.335 e. The van der Waals surface area contributed by atoms with E-state index in [0.717, 1.165) is 17.8 Å². The third-order valence-corrected chi connectivity index (χ3v) is 3.48. The van der Waals surface area contributed by atoms with Crippen LogP contribution in [-0.2, 0) is 6.42 Å². The van der Waals surface area contributed by atoms with E-state index in [9.17, 15) is 9.59 Å². The lowest BCUT2D eigenvalue weighted by Crippen LogP contribution is -2.42. The van der Waals surface area contributed by atoms with Gasteiger partial charge in [0.2, 0.25) is 0 Å². The molecule has 0 saturated heterocycles. The van der Waals surface area contributed by atoms with Crippen molar-refractivity contribution < 1.29 is 14.7 Å². The van der Waals surface area contributed by atoms with Crippen LogP contribution in [0.15, 0.2) is 18.2 Å². The number of amides is 2. The number of carbonyl (C=O) groups is 2. The molecule has 0 bridgehead atoms. The van der Waals surface area contributed by atoms with E-state index in [1.807, 2.05) is 7.05 Å². The second-order valence-corrected chi connectivity index (χ2v) is 4.86. The van der Waals surface area contributed by atoms with Crippen LogP contribution in [0.1, 0.15) is 15.9 Å². The Bertz CT molecular complexity index is 530. The molecule has 2 N–H and O–H groups in total. The monoisotopic (exact) mass is 277 g/mol. The number of rotatable bonds is 4. The zero-order valence-corrected chi connectivity index (χ0v) is 11.7. The van der Waals surface area contributed by atoms with Crippen LogP contribution in [0.2, 0.25) is 0 Å². The van der Waals surface area contributed by atoms with Gasteiger partial charge in [-0.1, -0.05) is 0 Å². The predicted molar refractivity (Wildman–Crippen MR) is 76.4 cm³/mol. The average molecular weight is 277 g/mol. The van der Waals surface area contributed by atoms with Crippen molar-refractivity contribution in [3.63, 3.8) is 0 Å². The molecule has 0 aliphatic carbocycles. The van der Waals surface area contributed by atoms with Gasteiger partial charge in [-0.05, 0) is 37.2 Å². The van der Waals surface area contributed by atoms with Crippen LogP contribution in [0, 0.1) is 0 Å². The lowest BCUT2D eigenvalue weighted by atomic mass is 10.1. The van der Waals surface area contributed by atoms with Crippen molar-refractivity contribution in [2.75, 3.05) is 38.6 Å². The average Bonchev–Trinajstić information content (AvgIpc) is 2.86. The molecule has 0 fully saturated rings. The summed E-state index contributed by atoms with van der Waals surface area (Å²) >= 11 is 0. The summed E-state index contributed by atoms with van der Waals surface area (Å²) in [6, 6.07) is 4.86. The van der Waals surface area contributed by atoms with Crippen LogP contribution in [0.5, 0.6) is 0 Å². The van der Waals surface area contributed by atoms with Gasteiger partial charge in [0, 0.05) is 32.4 Å². The lowest BCUT2D eigenvalue weighted by molar-refractivity contribution is 0.0697. The third-order valence-electron chi connectivity index (χ3n) is 3.48. The molecule has 108 valence electrons. The van der Waals surface area contributed by atoms with E-state index >= 15 is 0 Å². The number of carboxylic acid groups (broad SMARTS) is 1. The van der Waals surface area contributed by atoms with Gasteiger partial charge in [-0.15, -0.1) is 0 Å². The fourth-order valence-corrected chi connectivity index (χ4v) is 2.31. The van der Waals surface area contributed by atoms with Gasteiger partial charge in [0.25, 0.3) is 0 Å². The van der Waals surface area contributed by atoms with E-state index in [2.05, 4.69) is 5.32 Å². The van der Waals surface area contributed by atoms with E-state index in [1.54, 1.807) is 35.0 Å². The van der Waals surface area contributed by atoms with Gasteiger partial charge in [-0.25, -0.2) is 9.59 Å². The van der Waals surface area contributed by atoms with Gasteiger partial charge in [0.1, 0.15) is 0 Å². The molecule has 1 aromatic carbocycles. The normalized spacial score (nSPS) is 13.2. The van der Waals surface area contributed by atoms with Crippen LogP contribution in [-0.4, -0.2) is 55.7 Å². The number of fused-ring (bicyclic) bond motifs is 1. The molecule has 0 atom stereocenters. The second kappa shape index (κ2) is 5.92. The summed E-state index contributed by atoms with van der Waals surface area (Å²) in [5.74, 6) is -0.941. The first-order valence-corrected chi connectivity index (χ1v) is 6.58. The number of benzene rings is 1. The highest BCUT2D eigenvalue weighted by Gasteiger charge is 2.27. The second-order valence-electron chi connectivity index (χ2n) is 4.86. The highest BCUT2D eigenvalue weighted by atomic mass is 16.4. The smallest absolute Gasteiger partial charge is 0.335 e. The van der Waals surface area contributed by atoms with E-state index < -0.39 is 5.97 Å². The molecule has 2 rings (SSSR count). The molecular formula is C14H19N3O3. The summed E-state index contributed by atoms with van der Waals surface area (Å²) in [5.41, 5.74) is 2.00. The van der Waals surface area contributed by atoms with Crippen LogP contribution in [0.3, 0.4) is 0 Å². The van der Waals surface area contributed by atoms with E-state index in [4.69, 9.17) is 5.11 Å². The number of carbonyl (C=O) groups excluding carboxylic acids is 1. The number of urea groups is 1. The number of likely N-dealkylation sites (N-methyl/N-ethyl adjacent to an activating group) is 2. The first-order chi connectivity index (χ1) is 9.54. The molecule has 1 aliphatic heterocycles. The molecule has 0 aromatic heterocycles. The Morgan fingerprint density at radius 3 is 2.85 bits per heavy atom. The van der Waals surface area contributed by atoms with Gasteiger partial charge < -0.3 is 15.3 Å². The minimum Gasteiger partial charge on any atom is -0.478 e.